The van der Waals surface area contributed by atoms with E-state index >= 15 is 0 Å². The molecule has 122 valence electrons. The molecule has 0 N–H and O–H groups in total. The van der Waals surface area contributed by atoms with Gasteiger partial charge >= 0.3 is 5.97 Å². The summed E-state index contributed by atoms with van der Waals surface area (Å²) < 4.78 is 12.7. The van der Waals surface area contributed by atoms with Gasteiger partial charge in [0.2, 0.25) is 0 Å². The van der Waals surface area contributed by atoms with Crippen LogP contribution in [0.4, 0.5) is 0 Å². The quantitative estimate of drug-likeness (QED) is 0.344. The number of ketones is 2. The summed E-state index contributed by atoms with van der Waals surface area (Å²) in [6.45, 7) is 5.19. The summed E-state index contributed by atoms with van der Waals surface area (Å²) in [5, 5.41) is 0. The van der Waals surface area contributed by atoms with Crippen molar-refractivity contribution in [2.24, 2.45) is 15.4 Å². The highest BCUT2D eigenvalue weighted by molar-refractivity contribution is 7.57. The molecule has 0 aromatic rings. The molecule has 1 unspecified atom stereocenters. The van der Waals surface area contributed by atoms with E-state index in [1.54, 1.807) is 20.8 Å². The average Bonchev–Trinajstić information content (AvgIpc) is 2.44. The van der Waals surface area contributed by atoms with Gasteiger partial charge in [0.1, 0.15) is 18.7 Å². The number of hydrogen-bond acceptors (Lipinski definition) is 6. The third-order valence-corrected chi connectivity index (χ3v) is 3.31. The Labute approximate surface area is 143 Å². The standard InChI is InChI=1S/C13H20B2N2O4P2/c1-13(2,3)21-12(20)6-9(11(19)8-17-23-15)4-5-10(18)7-16-22-14/h9H,4-8H2,1-3H3. The molecule has 0 fully saturated rings. The van der Waals surface area contributed by atoms with Gasteiger partial charge in [-0.1, -0.05) is 16.5 Å². The minimum atomic E-state index is -0.625. The van der Waals surface area contributed by atoms with E-state index < -0.39 is 17.5 Å². The first-order valence-corrected chi connectivity index (χ1v) is 8.92. The van der Waals surface area contributed by atoms with E-state index in [0.717, 1.165) is 0 Å². The fraction of sp³-hybridized carbons (Fsp3) is 0.769. The molecule has 0 aromatic carbocycles. The number of rotatable bonds is 10. The summed E-state index contributed by atoms with van der Waals surface area (Å²) in [7, 11) is 11.0. The van der Waals surface area contributed by atoms with Crippen molar-refractivity contribution in [2.75, 3.05) is 13.1 Å². The SMILES string of the molecule is [B]P=NCC(=O)CCC(CC(=O)OC(C)(C)C)C(=O)CN=P[B]. The Morgan fingerprint density at radius 1 is 1.09 bits per heavy atom. The molecule has 0 aliphatic carbocycles. The number of Topliss-reactive ketones (excluding diaryl/α,β-unsaturated/α-hetero) is 2. The summed E-state index contributed by atoms with van der Waals surface area (Å²) in [6, 6.07) is 0. The van der Waals surface area contributed by atoms with E-state index in [-0.39, 0.29) is 52.2 Å². The fourth-order valence-corrected chi connectivity index (χ4v) is 2.20. The molecule has 1 atom stereocenters. The maximum Gasteiger partial charge on any atom is 0.307 e. The maximum atomic E-state index is 12.1. The van der Waals surface area contributed by atoms with E-state index in [0.29, 0.717) is 8.25 Å². The molecule has 0 heterocycles. The van der Waals surface area contributed by atoms with Crippen LogP contribution in [0, 0.1) is 5.92 Å². The van der Waals surface area contributed by atoms with Crippen molar-refractivity contribution < 1.29 is 19.1 Å². The molecule has 0 amide bonds. The van der Waals surface area contributed by atoms with Crippen LogP contribution in [-0.2, 0) is 19.1 Å². The molecule has 0 rings (SSSR count). The second kappa shape index (κ2) is 11.6. The minimum Gasteiger partial charge on any atom is -0.460 e. The highest BCUT2D eigenvalue weighted by Crippen LogP contribution is 2.18. The van der Waals surface area contributed by atoms with Crippen LogP contribution in [0.25, 0.3) is 0 Å². The van der Waals surface area contributed by atoms with Gasteiger partial charge in [-0.15, -0.1) is 0 Å². The largest absolute Gasteiger partial charge is 0.460 e. The van der Waals surface area contributed by atoms with E-state index in [1.165, 1.54) is 0 Å². The van der Waals surface area contributed by atoms with E-state index in [9.17, 15) is 14.4 Å². The Balaban J connectivity index is 4.71. The second-order valence-electron chi connectivity index (χ2n) is 5.86. The molecule has 0 aromatic heterocycles. The first kappa shape index (κ1) is 22.1. The van der Waals surface area contributed by atoms with Crippen LogP contribution in [0.1, 0.15) is 40.0 Å². The van der Waals surface area contributed by atoms with Crippen LogP contribution in [-0.4, -0.2) is 51.4 Å². The van der Waals surface area contributed by atoms with Crippen LogP contribution in [0.2, 0.25) is 0 Å². The zero-order valence-electron chi connectivity index (χ0n) is 13.7. The number of carbonyl (C=O) groups excluding carboxylic acids is 3. The minimum absolute atomic E-state index is 0.0111. The smallest absolute Gasteiger partial charge is 0.307 e. The molecule has 23 heavy (non-hydrogen) atoms. The zero-order chi connectivity index (χ0) is 17.9. The van der Waals surface area contributed by atoms with Gasteiger partial charge in [-0.2, -0.15) is 0 Å². The molecule has 0 spiro atoms. The van der Waals surface area contributed by atoms with Gasteiger partial charge in [0.05, 0.1) is 6.42 Å². The molecule has 10 heteroatoms. The molecule has 0 bridgehead atoms. The molecule has 0 aliphatic rings. The van der Waals surface area contributed by atoms with Crippen molar-refractivity contribution in [3.8, 4) is 0 Å². The number of esters is 1. The van der Waals surface area contributed by atoms with Gasteiger partial charge in [0, 0.05) is 12.3 Å². The Morgan fingerprint density at radius 3 is 2.17 bits per heavy atom. The Hall–Kier alpha value is -0.860. The highest BCUT2D eigenvalue weighted by Gasteiger charge is 2.25. The maximum absolute atomic E-state index is 12.1. The predicted molar refractivity (Wildman–Crippen MR) is 93.1 cm³/mol. The molecular weight excluding hydrogens is 332 g/mol. The van der Waals surface area contributed by atoms with Crippen molar-refractivity contribution in [3.63, 3.8) is 0 Å². The molecule has 0 aliphatic heterocycles. The number of hydrogen-bond donors (Lipinski definition) is 0. The highest BCUT2D eigenvalue weighted by atomic mass is 31.1. The number of carbonyl (C=O) groups is 3. The van der Waals surface area contributed by atoms with Crippen LogP contribution in [0.5, 0.6) is 0 Å². The van der Waals surface area contributed by atoms with Crippen molar-refractivity contribution in [1.29, 1.82) is 0 Å². The van der Waals surface area contributed by atoms with Gasteiger partial charge in [-0.25, -0.2) is 0 Å². The second-order valence-corrected chi connectivity index (χ2v) is 6.89. The summed E-state index contributed by atoms with van der Waals surface area (Å²) in [5.74, 6) is -1.44. The lowest BCUT2D eigenvalue weighted by molar-refractivity contribution is -0.157. The third kappa shape index (κ3) is 12.3. The lowest BCUT2D eigenvalue weighted by atomic mass is 9.93. The summed E-state index contributed by atoms with van der Waals surface area (Å²) in [6.07, 6.45) is 0.329. The normalized spacial score (nSPS) is 13.3. The molecule has 0 saturated heterocycles. The topological polar surface area (TPSA) is 85.2 Å². The van der Waals surface area contributed by atoms with Gasteiger partial charge in [0.15, 0.2) is 26.7 Å². The molecule has 4 radical (unpaired) electrons. The van der Waals surface area contributed by atoms with E-state index in [1.807, 2.05) is 0 Å². The molecular formula is C13H20B2N2O4P2. The van der Waals surface area contributed by atoms with Crippen molar-refractivity contribution in [1.82, 2.24) is 0 Å². The van der Waals surface area contributed by atoms with Crippen molar-refractivity contribution >= 4 is 49.2 Å². The van der Waals surface area contributed by atoms with E-state index in [2.05, 4.69) is 9.49 Å². The van der Waals surface area contributed by atoms with Crippen LogP contribution < -0.4 is 0 Å². The fourth-order valence-electron chi connectivity index (χ4n) is 1.73. The monoisotopic (exact) mass is 352 g/mol. The number of nitrogens with zero attached hydrogens (tertiary/aromatic N) is 2. The lowest BCUT2D eigenvalue weighted by Crippen LogP contribution is -2.28. The molecule has 6 nitrogen and oxygen atoms in total. The summed E-state index contributed by atoms with van der Waals surface area (Å²) >= 11 is 0. The first-order valence-electron chi connectivity index (χ1n) is 7.09. The van der Waals surface area contributed by atoms with Gasteiger partial charge < -0.3 is 4.74 Å². The van der Waals surface area contributed by atoms with Gasteiger partial charge in [-0.05, 0) is 27.2 Å². The van der Waals surface area contributed by atoms with Crippen LogP contribution in [0.15, 0.2) is 9.49 Å². The van der Waals surface area contributed by atoms with E-state index in [4.69, 9.17) is 19.9 Å². The summed E-state index contributed by atoms with van der Waals surface area (Å²) in [5.41, 5.74) is -0.625. The van der Waals surface area contributed by atoms with Gasteiger partial charge in [-0.3, -0.25) is 23.9 Å². The van der Waals surface area contributed by atoms with Gasteiger partial charge in [0.25, 0.3) is 0 Å². The molecule has 0 saturated carbocycles. The van der Waals surface area contributed by atoms with Crippen LogP contribution in [0.3, 0.4) is 0 Å². The third-order valence-electron chi connectivity index (χ3n) is 2.70. The van der Waals surface area contributed by atoms with Crippen molar-refractivity contribution in [2.45, 2.75) is 45.6 Å². The number of ether oxygens (including phenoxy) is 1. The van der Waals surface area contributed by atoms with Crippen molar-refractivity contribution in [3.05, 3.63) is 0 Å². The predicted octanol–water partition coefficient (Wildman–Crippen LogP) is 2.68. The Morgan fingerprint density at radius 2 is 1.65 bits per heavy atom. The Bertz CT molecular complexity index is 479. The average molecular weight is 352 g/mol. The Kier molecular flexibility index (Phi) is 11.2. The lowest BCUT2D eigenvalue weighted by Gasteiger charge is -2.21. The van der Waals surface area contributed by atoms with Crippen LogP contribution >= 0.6 is 16.5 Å². The summed E-state index contributed by atoms with van der Waals surface area (Å²) in [4.78, 5) is 35.7. The first-order chi connectivity index (χ1) is 10.7. The zero-order valence-corrected chi connectivity index (χ0v) is 15.5.